The molecule has 28 heavy (non-hydrogen) atoms. The second kappa shape index (κ2) is 6.56. The third kappa shape index (κ3) is 2.83. The number of hydrogen-bond acceptors (Lipinski definition) is 5. The van der Waals surface area contributed by atoms with E-state index in [0.717, 1.165) is 16.7 Å². The van der Waals surface area contributed by atoms with E-state index in [2.05, 4.69) is 6.07 Å². The molecule has 2 aromatic carbocycles. The number of hydrogen-bond donors (Lipinski definition) is 2. The number of phenolic OH excluding ortho intramolecular Hbond substituents is 1. The first-order valence-electron chi connectivity index (χ1n) is 8.87. The maximum atomic E-state index is 12.0. The molecule has 2 N–H and O–H groups in total. The molecule has 0 radical (unpaired) electrons. The fourth-order valence-corrected chi connectivity index (χ4v) is 3.53. The van der Waals surface area contributed by atoms with Gasteiger partial charge in [0.05, 0.1) is 16.5 Å². The summed E-state index contributed by atoms with van der Waals surface area (Å²) < 4.78 is 6.63. The molecule has 6 nitrogen and oxygen atoms in total. The summed E-state index contributed by atoms with van der Waals surface area (Å²) in [5, 5.41) is 21.5. The van der Waals surface area contributed by atoms with Gasteiger partial charge < -0.3 is 19.5 Å². The van der Waals surface area contributed by atoms with Gasteiger partial charge in [0.25, 0.3) is 5.78 Å². The summed E-state index contributed by atoms with van der Waals surface area (Å²) in [6, 6.07) is 11.3. The van der Waals surface area contributed by atoms with Gasteiger partial charge in [-0.15, -0.1) is 0 Å². The van der Waals surface area contributed by atoms with Crippen LogP contribution in [0.1, 0.15) is 22.3 Å². The Morgan fingerprint density at radius 3 is 2.68 bits per heavy atom. The van der Waals surface area contributed by atoms with Crippen molar-refractivity contribution < 1.29 is 24.5 Å². The largest absolute Gasteiger partial charge is 0.507 e. The van der Waals surface area contributed by atoms with Crippen molar-refractivity contribution >= 4 is 28.4 Å². The molecule has 0 spiro atoms. The standard InChI is InChI=1S/C22H19NO5/c1-12-6-7-13(2)14(8-12)9-23-10-15(19-17(23)4-3-5-18(19)24)20(25)16-11-28-22(27)21(16)26/h3-8,10,24-25H,9,11H2,1-2H3. The number of aromatic nitrogens is 1. The van der Waals surface area contributed by atoms with Crippen LogP contribution in [0.25, 0.3) is 16.7 Å². The molecular formula is C22H19NO5. The fraction of sp³-hybridized carbons (Fsp3) is 0.182. The van der Waals surface area contributed by atoms with Crippen LogP contribution in [0.15, 0.2) is 48.2 Å². The van der Waals surface area contributed by atoms with Crippen molar-refractivity contribution in [1.82, 2.24) is 4.57 Å². The van der Waals surface area contributed by atoms with Crippen LogP contribution in [-0.4, -0.2) is 33.1 Å². The van der Waals surface area contributed by atoms with Gasteiger partial charge in [-0.3, -0.25) is 4.79 Å². The van der Waals surface area contributed by atoms with Gasteiger partial charge >= 0.3 is 5.97 Å². The van der Waals surface area contributed by atoms with E-state index in [0.29, 0.717) is 23.0 Å². The SMILES string of the molecule is Cc1ccc(C)c(Cn2cc(C(O)=C3COC(=O)C3=O)c3c(O)cccc32)c1. The second-order valence-corrected chi connectivity index (χ2v) is 7.00. The molecule has 1 fully saturated rings. The number of esters is 1. The number of ketones is 1. The van der Waals surface area contributed by atoms with E-state index in [-0.39, 0.29) is 23.7 Å². The molecule has 142 valence electrons. The number of ether oxygens (including phenoxy) is 1. The normalized spacial score (nSPS) is 15.9. The number of carbonyl (C=O) groups is 2. The Kier molecular flexibility index (Phi) is 4.19. The van der Waals surface area contributed by atoms with Crippen molar-refractivity contribution in [1.29, 1.82) is 0 Å². The maximum Gasteiger partial charge on any atom is 0.379 e. The summed E-state index contributed by atoms with van der Waals surface area (Å²) in [6.07, 6.45) is 1.69. The number of rotatable bonds is 3. The molecule has 0 unspecified atom stereocenters. The van der Waals surface area contributed by atoms with Crippen molar-refractivity contribution in [2.45, 2.75) is 20.4 Å². The first kappa shape index (κ1) is 17.9. The van der Waals surface area contributed by atoms with Crippen molar-refractivity contribution in [3.8, 4) is 5.75 Å². The average Bonchev–Trinajstić information content (AvgIpc) is 3.20. The number of carbonyl (C=O) groups excluding carboxylic acids is 2. The Bertz CT molecular complexity index is 1170. The highest BCUT2D eigenvalue weighted by atomic mass is 16.5. The van der Waals surface area contributed by atoms with Gasteiger partial charge in [0.2, 0.25) is 0 Å². The van der Waals surface area contributed by atoms with Crippen LogP contribution in [0.3, 0.4) is 0 Å². The minimum Gasteiger partial charge on any atom is -0.507 e. The number of fused-ring (bicyclic) bond motifs is 1. The average molecular weight is 377 g/mol. The van der Waals surface area contributed by atoms with Crippen LogP contribution in [-0.2, 0) is 20.9 Å². The first-order valence-corrected chi connectivity index (χ1v) is 8.87. The zero-order chi connectivity index (χ0) is 20.0. The number of aliphatic hydroxyl groups is 1. The molecule has 4 rings (SSSR count). The highest BCUT2D eigenvalue weighted by Crippen LogP contribution is 2.35. The quantitative estimate of drug-likeness (QED) is 0.316. The van der Waals surface area contributed by atoms with E-state index in [1.54, 1.807) is 12.3 Å². The van der Waals surface area contributed by atoms with Crippen LogP contribution in [0.2, 0.25) is 0 Å². The number of Topliss-reactive ketones (excluding diaryl/α,β-unsaturated/α-hetero) is 1. The zero-order valence-corrected chi connectivity index (χ0v) is 15.5. The summed E-state index contributed by atoms with van der Waals surface area (Å²) in [5.41, 5.74) is 4.27. The molecule has 0 amide bonds. The van der Waals surface area contributed by atoms with Gasteiger partial charge in [0.15, 0.2) is 0 Å². The maximum absolute atomic E-state index is 12.0. The predicted molar refractivity (Wildman–Crippen MR) is 104 cm³/mol. The number of aliphatic hydroxyl groups excluding tert-OH is 1. The van der Waals surface area contributed by atoms with Crippen LogP contribution >= 0.6 is 0 Å². The van der Waals surface area contributed by atoms with E-state index in [4.69, 9.17) is 4.74 Å². The lowest BCUT2D eigenvalue weighted by Gasteiger charge is -2.10. The third-order valence-electron chi connectivity index (χ3n) is 5.08. The second-order valence-electron chi connectivity index (χ2n) is 7.00. The Labute approximate surface area is 161 Å². The van der Waals surface area contributed by atoms with Crippen molar-refractivity contribution in [3.05, 3.63) is 70.4 Å². The molecule has 0 atom stereocenters. The van der Waals surface area contributed by atoms with E-state index in [1.807, 2.05) is 36.6 Å². The Morgan fingerprint density at radius 1 is 1.18 bits per heavy atom. The fourth-order valence-electron chi connectivity index (χ4n) is 3.53. The van der Waals surface area contributed by atoms with Gasteiger partial charge in [-0.1, -0.05) is 29.8 Å². The van der Waals surface area contributed by atoms with Crippen LogP contribution in [0, 0.1) is 13.8 Å². The van der Waals surface area contributed by atoms with E-state index >= 15 is 0 Å². The Balaban J connectivity index is 1.90. The molecule has 0 bridgehead atoms. The summed E-state index contributed by atoms with van der Waals surface area (Å²) in [7, 11) is 0. The molecule has 0 aliphatic carbocycles. The highest BCUT2D eigenvalue weighted by molar-refractivity contribution is 6.43. The molecule has 3 aromatic rings. The summed E-state index contributed by atoms with van der Waals surface area (Å²) >= 11 is 0. The molecule has 0 saturated carbocycles. The van der Waals surface area contributed by atoms with Crippen LogP contribution < -0.4 is 0 Å². The van der Waals surface area contributed by atoms with Crippen LogP contribution in [0.5, 0.6) is 5.75 Å². The predicted octanol–water partition coefficient (Wildman–Crippen LogP) is 3.41. The molecule has 2 heterocycles. The summed E-state index contributed by atoms with van der Waals surface area (Å²) in [6.45, 7) is 4.30. The van der Waals surface area contributed by atoms with Crippen molar-refractivity contribution in [3.63, 3.8) is 0 Å². The number of aromatic hydroxyl groups is 1. The van der Waals surface area contributed by atoms with E-state index < -0.39 is 11.8 Å². The number of nitrogens with zero attached hydrogens (tertiary/aromatic N) is 1. The Hall–Kier alpha value is -3.54. The molecule has 6 heteroatoms. The molecule has 1 aliphatic heterocycles. The van der Waals surface area contributed by atoms with Gasteiger partial charge in [0, 0.05) is 18.3 Å². The number of cyclic esters (lactones) is 1. The number of phenols is 1. The monoisotopic (exact) mass is 377 g/mol. The number of aryl methyl sites for hydroxylation is 2. The van der Waals surface area contributed by atoms with Gasteiger partial charge in [0.1, 0.15) is 18.1 Å². The highest BCUT2D eigenvalue weighted by Gasteiger charge is 2.33. The van der Waals surface area contributed by atoms with Gasteiger partial charge in [-0.2, -0.15) is 0 Å². The lowest BCUT2D eigenvalue weighted by molar-refractivity contribution is -0.146. The molecule has 1 aliphatic rings. The minimum atomic E-state index is -0.982. The molecule has 1 saturated heterocycles. The third-order valence-corrected chi connectivity index (χ3v) is 5.08. The smallest absolute Gasteiger partial charge is 0.379 e. The van der Waals surface area contributed by atoms with E-state index in [9.17, 15) is 19.8 Å². The molecule has 1 aromatic heterocycles. The minimum absolute atomic E-state index is 0.0166. The Morgan fingerprint density at radius 2 is 1.96 bits per heavy atom. The molecular weight excluding hydrogens is 358 g/mol. The first-order chi connectivity index (χ1) is 13.4. The summed E-state index contributed by atoms with van der Waals surface area (Å²) in [4.78, 5) is 23.4. The summed E-state index contributed by atoms with van der Waals surface area (Å²) in [5.74, 6) is -2.20. The van der Waals surface area contributed by atoms with E-state index in [1.165, 1.54) is 6.07 Å². The lowest BCUT2D eigenvalue weighted by atomic mass is 10.1. The zero-order valence-electron chi connectivity index (χ0n) is 15.5. The lowest BCUT2D eigenvalue weighted by Crippen LogP contribution is -2.08. The topological polar surface area (TPSA) is 88.8 Å². The number of benzene rings is 2. The van der Waals surface area contributed by atoms with Crippen LogP contribution in [0.4, 0.5) is 0 Å². The van der Waals surface area contributed by atoms with Gasteiger partial charge in [-0.05, 0) is 37.1 Å². The van der Waals surface area contributed by atoms with Gasteiger partial charge in [-0.25, -0.2) is 4.79 Å². The van der Waals surface area contributed by atoms with Crippen molar-refractivity contribution in [2.75, 3.05) is 6.61 Å². The van der Waals surface area contributed by atoms with Crippen molar-refractivity contribution in [2.24, 2.45) is 0 Å².